The zero-order chi connectivity index (χ0) is 36.0. The van der Waals surface area contributed by atoms with Gasteiger partial charge in [-0.15, -0.1) is 35.4 Å². The number of nitrogens with zero attached hydrogens (tertiary/aromatic N) is 6. The van der Waals surface area contributed by atoms with Crippen molar-refractivity contribution in [1.82, 2.24) is 19.9 Å². The molecule has 0 aliphatic carbocycles. The molecule has 6 nitrogen and oxygen atoms in total. The van der Waals surface area contributed by atoms with Gasteiger partial charge in [-0.3, -0.25) is 0 Å². The van der Waals surface area contributed by atoms with E-state index in [4.69, 9.17) is 9.97 Å². The van der Waals surface area contributed by atoms with Crippen LogP contribution < -0.4 is 9.80 Å². The Morgan fingerprint density at radius 2 is 0.778 bits per heavy atom. The Morgan fingerprint density at radius 1 is 0.444 bits per heavy atom. The molecule has 4 aromatic heterocycles. The summed E-state index contributed by atoms with van der Waals surface area (Å²) in [7, 11) is 0. The van der Waals surface area contributed by atoms with E-state index in [2.05, 4.69) is 167 Å². The van der Waals surface area contributed by atoms with Crippen molar-refractivity contribution in [3.05, 3.63) is 206 Å². The summed E-state index contributed by atoms with van der Waals surface area (Å²) < 4.78 is 0. The molecule has 0 N–H and O–H groups in total. The molecule has 0 atom stereocenters. The minimum atomic E-state index is -0.683. The minimum Gasteiger partial charge on any atom is -0.360 e. The fraction of sp³-hybridized carbons (Fsp3) is 0.0638. The Bertz CT molecular complexity index is 2160. The van der Waals surface area contributed by atoms with E-state index < -0.39 is 5.41 Å². The number of hydrogen-bond acceptors (Lipinski definition) is 6. The van der Waals surface area contributed by atoms with Crippen LogP contribution in [0.5, 0.6) is 0 Å². The largest absolute Gasteiger partial charge is 2.00 e. The molecule has 4 heterocycles. The van der Waals surface area contributed by atoms with Crippen LogP contribution in [0.15, 0.2) is 183 Å². The monoisotopic (exact) mass is 879 g/mol. The second kappa shape index (κ2) is 16.2. The van der Waals surface area contributed by atoms with Crippen LogP contribution in [0.4, 0.5) is 34.1 Å². The van der Waals surface area contributed by atoms with Crippen molar-refractivity contribution in [3.8, 4) is 22.5 Å². The first-order valence-electron chi connectivity index (χ1n) is 17.5. The molecule has 0 saturated carbocycles. The molecule has 0 aliphatic rings. The zero-order valence-corrected chi connectivity index (χ0v) is 32.1. The second-order valence-corrected chi connectivity index (χ2v) is 13.1. The van der Waals surface area contributed by atoms with Crippen molar-refractivity contribution in [2.45, 2.75) is 19.3 Å². The summed E-state index contributed by atoms with van der Waals surface area (Å²) in [6, 6.07) is 60.6. The van der Waals surface area contributed by atoms with Crippen LogP contribution in [0.2, 0.25) is 0 Å². The fourth-order valence-electron chi connectivity index (χ4n) is 6.47. The van der Waals surface area contributed by atoms with Crippen LogP contribution in [0.1, 0.15) is 25.2 Å². The average Bonchev–Trinajstić information content (AvgIpc) is 3.23. The van der Waals surface area contributed by atoms with Crippen molar-refractivity contribution < 1.29 is 21.1 Å². The summed E-state index contributed by atoms with van der Waals surface area (Å²) in [6.07, 6.45) is 7.09. The Kier molecular flexibility index (Phi) is 10.8. The van der Waals surface area contributed by atoms with Gasteiger partial charge in [-0.25, -0.2) is 0 Å². The molecule has 0 bridgehead atoms. The molecule has 264 valence electrons. The number of rotatable bonds is 10. The molecule has 8 aromatic rings. The Labute approximate surface area is 331 Å². The molecule has 0 spiro atoms. The molecular formula is C47H36N6Pt. The minimum absolute atomic E-state index is 0. The predicted octanol–water partition coefficient (Wildman–Crippen LogP) is 11.5. The van der Waals surface area contributed by atoms with Crippen molar-refractivity contribution >= 4 is 34.1 Å². The molecule has 0 fully saturated rings. The number of pyridine rings is 4. The van der Waals surface area contributed by atoms with Gasteiger partial charge in [0, 0.05) is 50.9 Å². The third-order valence-electron chi connectivity index (χ3n) is 9.23. The van der Waals surface area contributed by atoms with E-state index >= 15 is 0 Å². The Balaban J connectivity index is 0.00000450. The molecule has 8 rings (SSSR count). The summed E-state index contributed by atoms with van der Waals surface area (Å²) in [4.78, 5) is 24.0. The second-order valence-electron chi connectivity index (χ2n) is 13.1. The first-order valence-corrected chi connectivity index (χ1v) is 17.5. The van der Waals surface area contributed by atoms with Gasteiger partial charge in [0.15, 0.2) is 0 Å². The smallest absolute Gasteiger partial charge is 0.360 e. The number of hydrogen-bond donors (Lipinski definition) is 0. The normalized spacial score (nSPS) is 11.0. The topological polar surface area (TPSA) is 58.0 Å². The van der Waals surface area contributed by atoms with Crippen LogP contribution in [0.25, 0.3) is 22.5 Å². The molecule has 0 radical (unpaired) electrons. The van der Waals surface area contributed by atoms with Crippen LogP contribution >= 0.6 is 0 Å². The summed E-state index contributed by atoms with van der Waals surface area (Å²) in [5.41, 5.74) is 10.2. The van der Waals surface area contributed by atoms with E-state index in [1.54, 1.807) is 12.4 Å². The Hall–Kier alpha value is -6.23. The summed E-state index contributed by atoms with van der Waals surface area (Å²) in [5, 5.41) is 0. The maximum absolute atomic E-state index is 5.34. The van der Waals surface area contributed by atoms with Gasteiger partial charge in [0.25, 0.3) is 0 Å². The number of para-hydroxylation sites is 4. The zero-order valence-electron chi connectivity index (χ0n) is 29.8. The van der Waals surface area contributed by atoms with Gasteiger partial charge in [-0.2, -0.15) is 0 Å². The van der Waals surface area contributed by atoms with Crippen molar-refractivity contribution in [2.24, 2.45) is 0 Å². The van der Waals surface area contributed by atoms with Crippen molar-refractivity contribution in [2.75, 3.05) is 9.80 Å². The van der Waals surface area contributed by atoms with Gasteiger partial charge in [-0.05, 0) is 85.9 Å². The maximum Gasteiger partial charge on any atom is 2.00 e. The first kappa shape index (κ1) is 36.1. The average molecular weight is 880 g/mol. The van der Waals surface area contributed by atoms with Crippen LogP contribution in [0, 0.1) is 12.1 Å². The number of benzene rings is 4. The van der Waals surface area contributed by atoms with Gasteiger partial charge in [0.1, 0.15) is 0 Å². The Morgan fingerprint density at radius 3 is 1.07 bits per heavy atom. The number of aromatic nitrogens is 4. The fourth-order valence-corrected chi connectivity index (χ4v) is 6.47. The quantitative estimate of drug-likeness (QED) is 0.128. The van der Waals surface area contributed by atoms with Crippen LogP contribution in [-0.4, -0.2) is 19.9 Å². The van der Waals surface area contributed by atoms with E-state index in [1.807, 2.05) is 48.8 Å². The number of anilines is 6. The van der Waals surface area contributed by atoms with E-state index in [-0.39, 0.29) is 21.1 Å². The van der Waals surface area contributed by atoms with E-state index in [0.29, 0.717) is 0 Å². The van der Waals surface area contributed by atoms with Crippen molar-refractivity contribution in [3.63, 3.8) is 0 Å². The molecule has 0 saturated heterocycles. The van der Waals surface area contributed by atoms with E-state index in [1.165, 1.54) is 0 Å². The summed E-state index contributed by atoms with van der Waals surface area (Å²) in [6.45, 7) is 4.37. The third-order valence-corrected chi connectivity index (χ3v) is 9.23. The molecule has 0 aliphatic heterocycles. The summed E-state index contributed by atoms with van der Waals surface area (Å²) in [5.74, 6) is 0. The molecule has 4 aromatic carbocycles. The van der Waals surface area contributed by atoms with Crippen molar-refractivity contribution in [1.29, 1.82) is 0 Å². The van der Waals surface area contributed by atoms with Gasteiger partial charge in [0.2, 0.25) is 0 Å². The van der Waals surface area contributed by atoms with Gasteiger partial charge < -0.3 is 29.7 Å². The molecule has 0 unspecified atom stereocenters. The van der Waals surface area contributed by atoms with Crippen LogP contribution in [-0.2, 0) is 26.5 Å². The maximum atomic E-state index is 5.34. The van der Waals surface area contributed by atoms with E-state index in [0.717, 1.165) is 68.0 Å². The summed E-state index contributed by atoms with van der Waals surface area (Å²) >= 11 is 0. The third kappa shape index (κ3) is 7.61. The molecule has 0 amide bonds. The SMILES string of the molecule is CC(C)(c1cc(N(c2ccccc2)c2ccccc2)cc(-c2[c-]ccnc2)n1)c1cc(N(c2ccccc2)c2ccccc2)cc(-c2[c-]ccnc2)n1.[Pt+2]. The van der Waals surface area contributed by atoms with Gasteiger partial charge in [-0.1, -0.05) is 110 Å². The standard InChI is InChI=1S/C47H36N6.Pt/c1-47(2,45-31-41(29-43(50-45)35-17-15-27-48-33-35)52(37-19-7-3-8-20-37)38-21-9-4-10-22-38)46-32-42(30-44(51-46)36-18-16-28-49-34-36)53(39-23-11-5-12-24-39)40-25-13-6-14-26-40;/h3-16,19-34H,1-2H3;/q-2;+2. The van der Waals surface area contributed by atoms with E-state index in [9.17, 15) is 0 Å². The molecule has 7 heteroatoms. The van der Waals surface area contributed by atoms with Gasteiger partial charge >= 0.3 is 21.1 Å². The predicted molar refractivity (Wildman–Crippen MR) is 214 cm³/mol. The molecule has 54 heavy (non-hydrogen) atoms. The molecular weight excluding hydrogens is 844 g/mol. The van der Waals surface area contributed by atoms with Crippen LogP contribution in [0.3, 0.4) is 0 Å². The first-order chi connectivity index (χ1) is 26.0. The van der Waals surface area contributed by atoms with Gasteiger partial charge in [0.05, 0.1) is 0 Å².